The second kappa shape index (κ2) is 13.7. The third-order valence-corrected chi connectivity index (χ3v) is 2.93. The van der Waals surface area contributed by atoms with Crippen LogP contribution in [0, 0.1) is 5.92 Å². The molecule has 1 aromatic carbocycles. The molecule has 0 heterocycles. The van der Waals surface area contributed by atoms with E-state index >= 15 is 0 Å². The van der Waals surface area contributed by atoms with Crippen LogP contribution in [0.4, 0.5) is 0 Å². The van der Waals surface area contributed by atoms with Crippen molar-refractivity contribution in [2.24, 2.45) is 5.92 Å². The van der Waals surface area contributed by atoms with Gasteiger partial charge in [0.25, 0.3) is 6.47 Å². The van der Waals surface area contributed by atoms with Gasteiger partial charge in [0.2, 0.25) is 0 Å². The molecule has 2 rings (SSSR count). The Kier molecular flexibility index (Phi) is 12.7. The van der Waals surface area contributed by atoms with Crippen LogP contribution in [-0.2, 0) is 4.79 Å². The molecule has 18 heavy (non-hydrogen) atoms. The van der Waals surface area contributed by atoms with Crippen molar-refractivity contribution in [1.29, 1.82) is 0 Å². The molecule has 1 saturated carbocycles. The van der Waals surface area contributed by atoms with Crippen LogP contribution in [0.1, 0.15) is 38.5 Å². The van der Waals surface area contributed by atoms with Crippen molar-refractivity contribution in [1.82, 2.24) is 0 Å². The maximum Gasteiger partial charge on any atom is 0.290 e. The molecule has 3 nitrogen and oxygen atoms in total. The van der Waals surface area contributed by atoms with Crippen molar-refractivity contribution in [3.8, 4) is 0 Å². The topological polar surface area (TPSA) is 57.5 Å². The molecule has 1 aliphatic carbocycles. The SMILES string of the molecule is O=CO.OCCC1CCCCC1.c1ccccc1. The third-order valence-electron chi connectivity index (χ3n) is 2.93. The van der Waals surface area contributed by atoms with E-state index in [9.17, 15) is 0 Å². The summed E-state index contributed by atoms with van der Waals surface area (Å²) in [5.41, 5.74) is 0. The highest BCUT2D eigenvalue weighted by atomic mass is 16.3. The van der Waals surface area contributed by atoms with Gasteiger partial charge in [0, 0.05) is 6.61 Å². The Bertz CT molecular complexity index is 226. The van der Waals surface area contributed by atoms with E-state index < -0.39 is 0 Å². The standard InChI is InChI=1S/C8H16O.C6H6.CH2O2/c9-7-6-8-4-2-1-3-5-8;1-2-4-6-5-3-1;2-1-3/h8-9H,1-7H2;1-6H;1H,(H,2,3). The predicted octanol–water partition coefficient (Wildman–Crippen LogP) is 3.34. The van der Waals surface area contributed by atoms with Crippen molar-refractivity contribution in [3.05, 3.63) is 36.4 Å². The fourth-order valence-corrected chi connectivity index (χ4v) is 2.04. The maximum atomic E-state index is 8.62. The van der Waals surface area contributed by atoms with Gasteiger partial charge in [-0.1, -0.05) is 68.5 Å². The summed E-state index contributed by atoms with van der Waals surface area (Å²) in [6, 6.07) is 12.0. The Morgan fingerprint density at radius 1 is 0.944 bits per heavy atom. The Morgan fingerprint density at radius 2 is 1.33 bits per heavy atom. The van der Waals surface area contributed by atoms with Gasteiger partial charge in [-0.05, 0) is 12.3 Å². The van der Waals surface area contributed by atoms with Gasteiger partial charge in [-0.3, -0.25) is 4.79 Å². The highest BCUT2D eigenvalue weighted by Gasteiger charge is 2.11. The summed E-state index contributed by atoms with van der Waals surface area (Å²) in [6.07, 6.45) is 7.97. The smallest absolute Gasteiger partial charge is 0.290 e. The van der Waals surface area contributed by atoms with Crippen LogP contribution in [0.15, 0.2) is 36.4 Å². The molecule has 3 heteroatoms. The molecule has 0 saturated heterocycles. The van der Waals surface area contributed by atoms with Crippen molar-refractivity contribution in [3.63, 3.8) is 0 Å². The fraction of sp³-hybridized carbons (Fsp3) is 0.533. The van der Waals surface area contributed by atoms with Crippen LogP contribution in [-0.4, -0.2) is 23.3 Å². The molecule has 0 unspecified atom stereocenters. The molecular formula is C15H24O3. The van der Waals surface area contributed by atoms with Crippen LogP contribution in [0.3, 0.4) is 0 Å². The van der Waals surface area contributed by atoms with E-state index in [1.807, 2.05) is 36.4 Å². The molecule has 0 amide bonds. The zero-order valence-electron chi connectivity index (χ0n) is 10.9. The third kappa shape index (κ3) is 11.1. The Balaban J connectivity index is 0.000000278. The van der Waals surface area contributed by atoms with E-state index in [0.29, 0.717) is 6.61 Å². The van der Waals surface area contributed by atoms with Gasteiger partial charge in [-0.25, -0.2) is 0 Å². The lowest BCUT2D eigenvalue weighted by Crippen LogP contribution is -2.07. The fourth-order valence-electron chi connectivity index (χ4n) is 2.04. The van der Waals surface area contributed by atoms with Gasteiger partial charge in [-0.2, -0.15) is 0 Å². The molecule has 102 valence electrons. The number of aliphatic hydroxyl groups is 1. The zero-order valence-corrected chi connectivity index (χ0v) is 10.9. The number of rotatable bonds is 2. The molecule has 0 aromatic heterocycles. The number of carbonyl (C=O) groups is 1. The zero-order chi connectivity index (χ0) is 13.5. The van der Waals surface area contributed by atoms with Gasteiger partial charge in [0.15, 0.2) is 0 Å². The van der Waals surface area contributed by atoms with Gasteiger partial charge in [0.1, 0.15) is 0 Å². The van der Waals surface area contributed by atoms with Crippen molar-refractivity contribution >= 4 is 6.47 Å². The lowest BCUT2D eigenvalue weighted by Gasteiger charge is -2.19. The van der Waals surface area contributed by atoms with Crippen LogP contribution < -0.4 is 0 Å². The summed E-state index contributed by atoms with van der Waals surface area (Å²) in [5, 5.41) is 15.5. The lowest BCUT2D eigenvalue weighted by molar-refractivity contribution is -0.122. The van der Waals surface area contributed by atoms with Gasteiger partial charge in [0.05, 0.1) is 0 Å². The van der Waals surface area contributed by atoms with Crippen molar-refractivity contribution < 1.29 is 15.0 Å². The van der Waals surface area contributed by atoms with E-state index in [2.05, 4.69) is 0 Å². The minimum Gasteiger partial charge on any atom is -0.483 e. The van der Waals surface area contributed by atoms with Crippen LogP contribution in [0.5, 0.6) is 0 Å². The maximum absolute atomic E-state index is 8.62. The Labute approximate surface area is 109 Å². The van der Waals surface area contributed by atoms with E-state index in [4.69, 9.17) is 15.0 Å². The molecule has 0 aliphatic heterocycles. The summed E-state index contributed by atoms with van der Waals surface area (Å²) in [6.45, 7) is 0.144. The highest BCUT2D eigenvalue weighted by molar-refractivity contribution is 5.32. The minimum atomic E-state index is -0.250. The van der Waals surface area contributed by atoms with E-state index in [1.165, 1.54) is 32.1 Å². The summed E-state index contributed by atoms with van der Waals surface area (Å²) in [4.78, 5) is 8.36. The number of hydrogen-bond donors (Lipinski definition) is 2. The molecule has 0 bridgehead atoms. The van der Waals surface area contributed by atoms with Gasteiger partial charge in [-0.15, -0.1) is 0 Å². The quantitative estimate of drug-likeness (QED) is 0.794. The first-order valence-corrected chi connectivity index (χ1v) is 6.53. The number of benzene rings is 1. The number of hydrogen-bond acceptors (Lipinski definition) is 2. The molecular weight excluding hydrogens is 228 g/mol. The average molecular weight is 252 g/mol. The number of carboxylic acid groups (broad SMARTS) is 1. The molecule has 1 aromatic rings. The molecule has 0 radical (unpaired) electrons. The van der Waals surface area contributed by atoms with Gasteiger partial charge >= 0.3 is 0 Å². The monoisotopic (exact) mass is 252 g/mol. The summed E-state index contributed by atoms with van der Waals surface area (Å²) in [5.74, 6) is 0.851. The first-order chi connectivity index (χ1) is 8.85. The summed E-state index contributed by atoms with van der Waals surface area (Å²) in [7, 11) is 0. The highest BCUT2D eigenvalue weighted by Crippen LogP contribution is 2.25. The first-order valence-electron chi connectivity index (χ1n) is 6.53. The molecule has 1 fully saturated rings. The molecule has 0 atom stereocenters. The average Bonchev–Trinajstić information content (AvgIpc) is 2.44. The van der Waals surface area contributed by atoms with Crippen LogP contribution in [0.25, 0.3) is 0 Å². The Morgan fingerprint density at radius 3 is 1.67 bits per heavy atom. The molecule has 1 aliphatic rings. The molecule has 0 spiro atoms. The minimum absolute atomic E-state index is 0.250. The second-order valence-corrected chi connectivity index (χ2v) is 4.28. The Hall–Kier alpha value is -1.35. The second-order valence-electron chi connectivity index (χ2n) is 4.28. The predicted molar refractivity (Wildman–Crippen MR) is 73.4 cm³/mol. The first kappa shape index (κ1) is 16.6. The van der Waals surface area contributed by atoms with E-state index in [0.717, 1.165) is 12.3 Å². The largest absolute Gasteiger partial charge is 0.483 e. The number of aliphatic hydroxyl groups excluding tert-OH is 1. The van der Waals surface area contributed by atoms with Gasteiger partial charge < -0.3 is 10.2 Å². The summed E-state index contributed by atoms with van der Waals surface area (Å²) >= 11 is 0. The van der Waals surface area contributed by atoms with E-state index in [1.54, 1.807) is 0 Å². The normalized spacial score (nSPS) is 14.5. The van der Waals surface area contributed by atoms with Crippen molar-refractivity contribution in [2.75, 3.05) is 6.61 Å². The van der Waals surface area contributed by atoms with Crippen LogP contribution in [0.2, 0.25) is 0 Å². The van der Waals surface area contributed by atoms with E-state index in [-0.39, 0.29) is 6.47 Å². The molecule has 2 N–H and O–H groups in total. The summed E-state index contributed by atoms with van der Waals surface area (Å²) < 4.78 is 0. The van der Waals surface area contributed by atoms with Crippen molar-refractivity contribution in [2.45, 2.75) is 38.5 Å². The van der Waals surface area contributed by atoms with Crippen LogP contribution >= 0.6 is 0 Å². The lowest BCUT2D eigenvalue weighted by atomic mass is 9.87.